The summed E-state index contributed by atoms with van der Waals surface area (Å²) < 4.78 is 11.7. The SMILES string of the molecule is C[C@@H]1C(=O)[C@H](C)[C@@H]2N(C(=O)[C@H]3[C@@]24C=C[C@@H](O4)[C@@]3(C)C(=O)O)[C@H]1c1ccco1. The maximum atomic E-state index is 13.6. The van der Waals surface area contributed by atoms with Crippen LogP contribution in [-0.4, -0.2) is 45.4 Å². The van der Waals surface area contributed by atoms with E-state index in [0.29, 0.717) is 5.76 Å². The molecule has 142 valence electrons. The predicted molar refractivity (Wildman–Crippen MR) is 91.4 cm³/mol. The molecule has 3 fully saturated rings. The molecule has 0 aromatic carbocycles. The highest BCUT2D eigenvalue weighted by Gasteiger charge is 2.79. The number of aliphatic carboxylic acids is 1. The molecule has 1 N–H and O–H groups in total. The van der Waals surface area contributed by atoms with Crippen molar-refractivity contribution in [3.8, 4) is 0 Å². The first-order valence-corrected chi connectivity index (χ1v) is 9.25. The monoisotopic (exact) mass is 371 g/mol. The minimum Gasteiger partial charge on any atom is -0.481 e. The van der Waals surface area contributed by atoms with Crippen LogP contribution in [0.1, 0.15) is 32.6 Å². The van der Waals surface area contributed by atoms with Crippen LogP contribution in [0.2, 0.25) is 0 Å². The third-order valence-electron chi connectivity index (χ3n) is 7.21. The minimum atomic E-state index is -1.36. The fraction of sp³-hybridized carbons (Fsp3) is 0.550. The molecular weight excluding hydrogens is 350 g/mol. The van der Waals surface area contributed by atoms with Crippen LogP contribution in [0.3, 0.4) is 0 Å². The summed E-state index contributed by atoms with van der Waals surface area (Å²) >= 11 is 0. The maximum Gasteiger partial charge on any atom is 0.313 e. The van der Waals surface area contributed by atoms with Crippen molar-refractivity contribution >= 4 is 17.7 Å². The van der Waals surface area contributed by atoms with Crippen molar-refractivity contribution in [2.24, 2.45) is 23.2 Å². The number of nitrogens with zero attached hydrogens (tertiary/aromatic N) is 1. The van der Waals surface area contributed by atoms with Gasteiger partial charge in [0, 0.05) is 11.8 Å². The highest BCUT2D eigenvalue weighted by molar-refractivity contribution is 5.97. The van der Waals surface area contributed by atoms with Crippen LogP contribution in [0.25, 0.3) is 0 Å². The molecule has 5 heterocycles. The number of Topliss-reactive ketones (excluding diaryl/α,β-unsaturated/α-hetero) is 1. The highest BCUT2D eigenvalue weighted by atomic mass is 16.5. The molecule has 1 spiro atoms. The molecule has 27 heavy (non-hydrogen) atoms. The second-order valence-electron chi connectivity index (χ2n) is 8.40. The Kier molecular flexibility index (Phi) is 3.04. The third-order valence-corrected chi connectivity index (χ3v) is 7.21. The quantitative estimate of drug-likeness (QED) is 0.797. The van der Waals surface area contributed by atoms with Crippen molar-refractivity contribution in [3.63, 3.8) is 0 Å². The fourth-order valence-corrected chi connectivity index (χ4v) is 5.94. The molecule has 2 bridgehead atoms. The first-order chi connectivity index (χ1) is 12.7. The van der Waals surface area contributed by atoms with Crippen molar-refractivity contribution in [1.82, 2.24) is 4.90 Å². The Bertz CT molecular complexity index is 890. The Hall–Kier alpha value is -2.41. The number of hydrogen-bond donors (Lipinski definition) is 1. The Labute approximate surface area is 156 Å². The summed E-state index contributed by atoms with van der Waals surface area (Å²) in [6, 6.07) is 2.37. The Morgan fingerprint density at radius 3 is 2.63 bits per heavy atom. The number of carboxylic acids is 1. The van der Waals surface area contributed by atoms with Crippen molar-refractivity contribution in [2.45, 2.75) is 44.6 Å². The first kappa shape index (κ1) is 16.7. The Morgan fingerprint density at radius 2 is 2.00 bits per heavy atom. The van der Waals surface area contributed by atoms with E-state index in [2.05, 4.69) is 0 Å². The smallest absolute Gasteiger partial charge is 0.313 e. The van der Waals surface area contributed by atoms with Gasteiger partial charge in [0.2, 0.25) is 5.91 Å². The van der Waals surface area contributed by atoms with Crippen LogP contribution in [0, 0.1) is 23.2 Å². The number of ketones is 1. The van der Waals surface area contributed by atoms with E-state index in [1.165, 1.54) is 6.26 Å². The Morgan fingerprint density at radius 1 is 1.26 bits per heavy atom. The number of fused-ring (bicyclic) bond motifs is 2. The molecular formula is C20H21NO6. The van der Waals surface area contributed by atoms with E-state index in [0.717, 1.165) is 0 Å². The number of ether oxygens (including phenoxy) is 1. The summed E-state index contributed by atoms with van der Waals surface area (Å²) in [6.07, 6.45) is 4.39. The average Bonchev–Trinajstić information content (AvgIpc) is 3.37. The van der Waals surface area contributed by atoms with Crippen LogP contribution in [0.5, 0.6) is 0 Å². The second kappa shape index (κ2) is 4.90. The lowest BCUT2D eigenvalue weighted by atomic mass is 9.63. The number of rotatable bonds is 2. The number of amides is 1. The number of piperidine rings is 1. The van der Waals surface area contributed by atoms with Crippen LogP contribution in [0.15, 0.2) is 35.0 Å². The van der Waals surface area contributed by atoms with Crippen LogP contribution in [0.4, 0.5) is 0 Å². The molecule has 4 aliphatic rings. The lowest BCUT2D eigenvalue weighted by Crippen LogP contribution is -2.58. The van der Waals surface area contributed by atoms with Gasteiger partial charge in [-0.2, -0.15) is 0 Å². The van der Waals surface area contributed by atoms with E-state index in [1.54, 1.807) is 43.9 Å². The van der Waals surface area contributed by atoms with Crippen LogP contribution in [-0.2, 0) is 19.1 Å². The zero-order chi connectivity index (χ0) is 19.3. The lowest BCUT2D eigenvalue weighted by Gasteiger charge is -2.46. The topological polar surface area (TPSA) is 97.0 Å². The molecule has 1 aromatic rings. The molecule has 3 saturated heterocycles. The van der Waals surface area contributed by atoms with Crippen molar-refractivity contribution in [2.75, 3.05) is 0 Å². The zero-order valence-corrected chi connectivity index (χ0v) is 15.3. The average molecular weight is 371 g/mol. The van der Waals surface area contributed by atoms with Gasteiger partial charge in [0.15, 0.2) is 0 Å². The molecule has 1 aromatic heterocycles. The van der Waals surface area contributed by atoms with Crippen molar-refractivity contribution in [3.05, 3.63) is 36.3 Å². The number of carbonyl (C=O) groups is 3. The summed E-state index contributed by atoms with van der Waals surface area (Å²) in [7, 11) is 0. The number of carbonyl (C=O) groups excluding carboxylic acids is 2. The van der Waals surface area contributed by atoms with E-state index < -0.39 is 52.9 Å². The predicted octanol–water partition coefficient (Wildman–Crippen LogP) is 1.80. The van der Waals surface area contributed by atoms with Gasteiger partial charge in [-0.1, -0.05) is 26.0 Å². The van der Waals surface area contributed by atoms with E-state index in [-0.39, 0.29) is 11.7 Å². The normalized spacial score (nSPS) is 47.4. The lowest BCUT2D eigenvalue weighted by molar-refractivity contribution is -0.161. The van der Waals surface area contributed by atoms with Crippen LogP contribution < -0.4 is 0 Å². The first-order valence-electron chi connectivity index (χ1n) is 9.25. The number of furan rings is 1. The van der Waals surface area contributed by atoms with Gasteiger partial charge < -0.3 is 19.2 Å². The summed E-state index contributed by atoms with van der Waals surface area (Å²) in [6.45, 7) is 5.18. The summed E-state index contributed by atoms with van der Waals surface area (Å²) in [5.74, 6) is -2.53. The third kappa shape index (κ3) is 1.65. The minimum absolute atomic E-state index is 0.0323. The van der Waals surface area contributed by atoms with E-state index in [9.17, 15) is 19.5 Å². The second-order valence-corrected chi connectivity index (χ2v) is 8.40. The van der Waals surface area contributed by atoms with Gasteiger partial charge >= 0.3 is 5.97 Å². The molecule has 7 heteroatoms. The number of carboxylic acid groups (broad SMARTS) is 1. The van der Waals surface area contributed by atoms with Crippen LogP contribution >= 0.6 is 0 Å². The van der Waals surface area contributed by atoms with Gasteiger partial charge in [0.1, 0.15) is 22.6 Å². The van der Waals surface area contributed by atoms with E-state index in [4.69, 9.17) is 9.15 Å². The van der Waals surface area contributed by atoms with E-state index >= 15 is 0 Å². The van der Waals surface area contributed by atoms with Crippen molar-refractivity contribution in [1.29, 1.82) is 0 Å². The van der Waals surface area contributed by atoms with Gasteiger partial charge in [0.05, 0.1) is 30.4 Å². The van der Waals surface area contributed by atoms with Gasteiger partial charge in [-0.05, 0) is 19.1 Å². The zero-order valence-electron chi connectivity index (χ0n) is 15.3. The highest BCUT2D eigenvalue weighted by Crippen LogP contribution is 2.64. The van der Waals surface area contributed by atoms with Gasteiger partial charge in [0.25, 0.3) is 0 Å². The maximum absolute atomic E-state index is 13.6. The number of hydrogen-bond acceptors (Lipinski definition) is 5. The summed E-state index contributed by atoms with van der Waals surface area (Å²) in [5.41, 5.74) is -2.45. The largest absolute Gasteiger partial charge is 0.481 e. The van der Waals surface area contributed by atoms with Gasteiger partial charge in [-0.25, -0.2) is 0 Å². The summed E-state index contributed by atoms with van der Waals surface area (Å²) in [4.78, 5) is 40.5. The fourth-order valence-electron chi connectivity index (χ4n) is 5.94. The standard InChI is InChI=1S/C20H21NO6/c1-9-13(11-5-4-8-26-11)21-16(10(2)14(9)22)20-7-6-12(27-20)19(3,18(24)25)15(20)17(21)23/h4-10,12-13,15-16H,1-3H3,(H,24,25)/t9-,10-,12+,13+,15+,16-,19+,20-/m0/s1. The molecule has 7 nitrogen and oxygen atoms in total. The molecule has 0 radical (unpaired) electrons. The molecule has 4 aliphatic heterocycles. The molecule has 5 rings (SSSR count). The van der Waals surface area contributed by atoms with Crippen molar-refractivity contribution < 1.29 is 28.6 Å². The van der Waals surface area contributed by atoms with Gasteiger partial charge in [-0.3, -0.25) is 14.4 Å². The molecule has 8 atom stereocenters. The Balaban J connectivity index is 1.72. The summed E-state index contributed by atoms with van der Waals surface area (Å²) in [5, 5.41) is 9.94. The van der Waals surface area contributed by atoms with Gasteiger partial charge in [-0.15, -0.1) is 0 Å². The molecule has 0 unspecified atom stereocenters. The molecule has 0 saturated carbocycles. The van der Waals surface area contributed by atoms with E-state index in [1.807, 2.05) is 6.08 Å². The molecule has 1 amide bonds. The molecule has 0 aliphatic carbocycles.